The third kappa shape index (κ3) is 2.58. The molecule has 1 aliphatic carbocycles. The number of hydrogen-bond donors (Lipinski definition) is 2. The summed E-state index contributed by atoms with van der Waals surface area (Å²) in [6.45, 7) is 2.24. The predicted molar refractivity (Wildman–Crippen MR) is 74.7 cm³/mol. The molecule has 2 N–H and O–H groups in total. The maximum atomic E-state index is 14.3. The summed E-state index contributed by atoms with van der Waals surface area (Å²) >= 11 is 0. The summed E-state index contributed by atoms with van der Waals surface area (Å²) in [5, 5.41) is 16.3. The van der Waals surface area contributed by atoms with Crippen LogP contribution < -0.4 is 5.32 Å². The van der Waals surface area contributed by atoms with Gasteiger partial charge in [-0.2, -0.15) is 5.10 Å². The largest absolute Gasteiger partial charge is 0.478 e. The van der Waals surface area contributed by atoms with Gasteiger partial charge in [0.05, 0.1) is 18.1 Å². The Morgan fingerprint density at radius 3 is 2.86 bits per heavy atom. The zero-order chi connectivity index (χ0) is 15.0. The van der Waals surface area contributed by atoms with Gasteiger partial charge in [-0.15, -0.1) is 0 Å². The maximum Gasteiger partial charge on any atom is 0.339 e. The van der Waals surface area contributed by atoms with E-state index in [0.29, 0.717) is 18.3 Å². The second-order valence-corrected chi connectivity index (χ2v) is 5.00. The summed E-state index contributed by atoms with van der Waals surface area (Å²) in [6.07, 6.45) is 4.90. The monoisotopic (exact) mass is 290 g/mol. The molecule has 0 radical (unpaired) electrons. The van der Waals surface area contributed by atoms with Gasteiger partial charge in [0.15, 0.2) is 5.82 Å². The molecule has 0 unspecified atom stereocenters. The fourth-order valence-electron chi connectivity index (χ4n) is 2.19. The van der Waals surface area contributed by atoms with Crippen LogP contribution in [0, 0.1) is 5.82 Å². The molecular formula is C14H15FN4O2. The van der Waals surface area contributed by atoms with Crippen LogP contribution in [0.15, 0.2) is 18.5 Å². The maximum absolute atomic E-state index is 14.3. The van der Waals surface area contributed by atoms with Gasteiger partial charge in [0.1, 0.15) is 17.0 Å². The molecule has 0 aromatic carbocycles. The van der Waals surface area contributed by atoms with Crippen LogP contribution in [-0.4, -0.2) is 31.9 Å². The topological polar surface area (TPSA) is 80.0 Å². The standard InChI is InChI=1S/C14H15FN4O2/c1-2-19-13(10(7-17-19)14(20)21)12-11(15)5-9(6-16-12)18-8-3-4-8/h5-8,18H,2-4H2,1H3,(H,20,21). The lowest BCUT2D eigenvalue weighted by molar-refractivity contribution is 0.0697. The molecule has 2 aromatic rings. The molecule has 1 fully saturated rings. The molecule has 3 rings (SSSR count). The Kier molecular flexibility index (Phi) is 3.32. The highest BCUT2D eigenvalue weighted by Gasteiger charge is 2.24. The Bertz CT molecular complexity index is 694. The number of rotatable bonds is 5. The van der Waals surface area contributed by atoms with Crippen molar-refractivity contribution >= 4 is 11.7 Å². The minimum atomic E-state index is -1.15. The molecule has 21 heavy (non-hydrogen) atoms. The number of aromatic carboxylic acids is 1. The lowest BCUT2D eigenvalue weighted by atomic mass is 10.1. The van der Waals surface area contributed by atoms with Crippen LogP contribution in [0.5, 0.6) is 0 Å². The van der Waals surface area contributed by atoms with E-state index in [9.17, 15) is 14.3 Å². The van der Waals surface area contributed by atoms with Crippen molar-refractivity contribution in [3.8, 4) is 11.4 Å². The van der Waals surface area contributed by atoms with E-state index in [1.807, 2.05) is 6.92 Å². The van der Waals surface area contributed by atoms with Crippen molar-refractivity contribution in [3.63, 3.8) is 0 Å². The van der Waals surface area contributed by atoms with Gasteiger partial charge in [0.2, 0.25) is 0 Å². The smallest absolute Gasteiger partial charge is 0.339 e. The summed E-state index contributed by atoms with van der Waals surface area (Å²) < 4.78 is 15.7. The van der Waals surface area contributed by atoms with Gasteiger partial charge in [-0.05, 0) is 19.8 Å². The van der Waals surface area contributed by atoms with Crippen molar-refractivity contribution in [2.45, 2.75) is 32.4 Å². The van der Waals surface area contributed by atoms with Crippen LogP contribution in [0.25, 0.3) is 11.4 Å². The molecule has 110 valence electrons. The van der Waals surface area contributed by atoms with E-state index in [1.165, 1.54) is 23.1 Å². The van der Waals surface area contributed by atoms with Gasteiger partial charge in [-0.3, -0.25) is 4.68 Å². The van der Waals surface area contributed by atoms with Gasteiger partial charge < -0.3 is 10.4 Å². The lowest BCUT2D eigenvalue weighted by Gasteiger charge is -2.09. The van der Waals surface area contributed by atoms with Gasteiger partial charge in [0, 0.05) is 18.7 Å². The number of hydrogen-bond acceptors (Lipinski definition) is 4. The van der Waals surface area contributed by atoms with Crippen molar-refractivity contribution in [1.29, 1.82) is 0 Å². The van der Waals surface area contributed by atoms with Crippen molar-refractivity contribution in [2.75, 3.05) is 5.32 Å². The lowest BCUT2D eigenvalue weighted by Crippen LogP contribution is -2.07. The molecule has 1 aliphatic rings. The first-order valence-electron chi connectivity index (χ1n) is 6.81. The number of aromatic nitrogens is 3. The van der Waals surface area contributed by atoms with E-state index in [4.69, 9.17) is 0 Å². The van der Waals surface area contributed by atoms with E-state index in [-0.39, 0.29) is 17.0 Å². The number of nitrogens with one attached hydrogen (secondary N) is 1. The number of carboxylic acid groups (broad SMARTS) is 1. The van der Waals surface area contributed by atoms with Crippen LogP contribution in [0.3, 0.4) is 0 Å². The average Bonchev–Trinajstić information content (AvgIpc) is 3.15. The Labute approximate surface area is 120 Å². The quantitative estimate of drug-likeness (QED) is 0.883. The molecule has 6 nitrogen and oxygen atoms in total. The van der Waals surface area contributed by atoms with E-state index < -0.39 is 11.8 Å². The minimum Gasteiger partial charge on any atom is -0.478 e. The van der Waals surface area contributed by atoms with E-state index in [0.717, 1.165) is 12.8 Å². The minimum absolute atomic E-state index is 0.00750. The van der Waals surface area contributed by atoms with Gasteiger partial charge in [-0.25, -0.2) is 14.2 Å². The SMILES string of the molecule is CCn1ncc(C(=O)O)c1-c1ncc(NC2CC2)cc1F. The molecule has 0 bridgehead atoms. The highest BCUT2D eigenvalue weighted by Crippen LogP contribution is 2.29. The summed E-state index contributed by atoms with van der Waals surface area (Å²) in [5.41, 5.74) is 0.762. The molecule has 2 aromatic heterocycles. The molecule has 0 aliphatic heterocycles. The number of anilines is 1. The number of halogens is 1. The van der Waals surface area contributed by atoms with Gasteiger partial charge >= 0.3 is 5.97 Å². The van der Waals surface area contributed by atoms with Crippen molar-refractivity contribution in [2.24, 2.45) is 0 Å². The van der Waals surface area contributed by atoms with Crippen LogP contribution in [0.1, 0.15) is 30.1 Å². The van der Waals surface area contributed by atoms with Crippen molar-refractivity contribution < 1.29 is 14.3 Å². The number of nitrogens with zero attached hydrogens (tertiary/aromatic N) is 3. The Hall–Kier alpha value is -2.44. The fraction of sp³-hybridized carbons (Fsp3) is 0.357. The molecule has 7 heteroatoms. The first-order valence-corrected chi connectivity index (χ1v) is 6.81. The number of carbonyl (C=O) groups is 1. The first kappa shape index (κ1) is 13.5. The van der Waals surface area contributed by atoms with Crippen LogP contribution in [-0.2, 0) is 6.54 Å². The fourth-order valence-corrected chi connectivity index (χ4v) is 2.19. The second kappa shape index (κ2) is 5.16. The third-order valence-electron chi connectivity index (χ3n) is 3.38. The number of pyridine rings is 1. The Balaban J connectivity index is 2.03. The zero-order valence-electron chi connectivity index (χ0n) is 11.5. The molecule has 0 saturated heterocycles. The summed E-state index contributed by atoms with van der Waals surface area (Å²) in [6, 6.07) is 1.74. The molecule has 1 saturated carbocycles. The van der Waals surface area contributed by atoms with Crippen molar-refractivity contribution in [3.05, 3.63) is 29.8 Å². The Morgan fingerprint density at radius 1 is 1.52 bits per heavy atom. The summed E-state index contributed by atoms with van der Waals surface area (Å²) in [4.78, 5) is 15.3. The molecule has 2 heterocycles. The predicted octanol–water partition coefficient (Wildman–Crippen LogP) is 2.38. The number of aryl methyl sites for hydroxylation is 1. The second-order valence-electron chi connectivity index (χ2n) is 5.00. The Morgan fingerprint density at radius 2 is 2.29 bits per heavy atom. The van der Waals surface area contributed by atoms with Gasteiger partial charge in [0.25, 0.3) is 0 Å². The normalized spacial score (nSPS) is 14.2. The molecule has 0 atom stereocenters. The molecular weight excluding hydrogens is 275 g/mol. The summed E-state index contributed by atoms with van der Waals surface area (Å²) in [5.74, 6) is -1.70. The van der Waals surface area contributed by atoms with E-state index >= 15 is 0 Å². The zero-order valence-corrected chi connectivity index (χ0v) is 11.5. The molecule has 0 spiro atoms. The summed E-state index contributed by atoms with van der Waals surface area (Å²) in [7, 11) is 0. The molecule has 0 amide bonds. The first-order chi connectivity index (χ1) is 10.1. The van der Waals surface area contributed by atoms with Gasteiger partial charge in [-0.1, -0.05) is 0 Å². The average molecular weight is 290 g/mol. The van der Waals surface area contributed by atoms with E-state index in [1.54, 1.807) is 0 Å². The highest BCUT2D eigenvalue weighted by molar-refractivity contribution is 5.94. The number of carboxylic acids is 1. The van der Waals surface area contributed by atoms with Crippen molar-refractivity contribution in [1.82, 2.24) is 14.8 Å². The van der Waals surface area contributed by atoms with Crippen LogP contribution in [0.4, 0.5) is 10.1 Å². The van der Waals surface area contributed by atoms with Crippen LogP contribution in [0.2, 0.25) is 0 Å². The highest BCUT2D eigenvalue weighted by atomic mass is 19.1. The van der Waals surface area contributed by atoms with Crippen LogP contribution >= 0.6 is 0 Å². The third-order valence-corrected chi connectivity index (χ3v) is 3.38. The van der Waals surface area contributed by atoms with E-state index in [2.05, 4.69) is 15.4 Å².